The van der Waals surface area contributed by atoms with Crippen LogP contribution in [0.1, 0.15) is 79.1 Å². The number of hydrogen-bond donors (Lipinski definition) is 2. The van der Waals surface area contributed by atoms with E-state index in [-0.39, 0.29) is 29.7 Å². The molecule has 37 heavy (non-hydrogen) atoms. The number of hydrogen-bond acceptors (Lipinski definition) is 5. The zero-order chi connectivity index (χ0) is 27.7. The Balaban J connectivity index is 1.74. The van der Waals surface area contributed by atoms with Gasteiger partial charge in [0.15, 0.2) is 0 Å². The van der Waals surface area contributed by atoms with Crippen molar-refractivity contribution in [2.45, 2.75) is 86.9 Å². The molecule has 3 amide bonds. The number of thiazole rings is 1. The van der Waals surface area contributed by atoms with Crippen LogP contribution in [0.25, 0.3) is 10.4 Å². The number of nitrogens with one attached hydrogen (secondary N) is 2. The Labute approximate surface area is 225 Å². The third kappa shape index (κ3) is 6.78. The van der Waals surface area contributed by atoms with Crippen molar-refractivity contribution < 1.29 is 14.4 Å². The van der Waals surface area contributed by atoms with Crippen LogP contribution in [0.15, 0.2) is 29.8 Å². The molecule has 8 heteroatoms. The zero-order valence-corrected chi connectivity index (χ0v) is 24.5. The average molecular weight is 527 g/mol. The number of nitrogens with zero attached hydrogens (tertiary/aromatic N) is 2. The number of carbonyl (C=O) groups is 3. The van der Waals surface area contributed by atoms with Crippen LogP contribution >= 0.6 is 11.3 Å². The molecule has 1 aromatic heterocycles. The molecule has 0 spiro atoms. The molecule has 1 saturated heterocycles. The zero-order valence-electron chi connectivity index (χ0n) is 23.6. The van der Waals surface area contributed by atoms with Gasteiger partial charge in [0.25, 0.3) is 0 Å². The van der Waals surface area contributed by atoms with Gasteiger partial charge in [-0.05, 0) is 42.7 Å². The summed E-state index contributed by atoms with van der Waals surface area (Å²) in [5.74, 6) is -0.357. The monoisotopic (exact) mass is 526 g/mol. The number of rotatable bonds is 6. The number of carbonyl (C=O) groups excluding carboxylic acids is 3. The van der Waals surface area contributed by atoms with Crippen LogP contribution in [-0.2, 0) is 14.4 Å². The van der Waals surface area contributed by atoms with E-state index in [1.807, 2.05) is 73.0 Å². The molecule has 2 N–H and O–H groups in total. The third-order valence-corrected chi connectivity index (χ3v) is 7.92. The van der Waals surface area contributed by atoms with E-state index >= 15 is 0 Å². The number of aryl methyl sites for hydroxylation is 1. The van der Waals surface area contributed by atoms with Crippen LogP contribution in [0.4, 0.5) is 0 Å². The fraction of sp³-hybridized carbons (Fsp3) is 0.586. The minimum absolute atomic E-state index is 0.164. The molecule has 0 aliphatic carbocycles. The summed E-state index contributed by atoms with van der Waals surface area (Å²) in [4.78, 5) is 47.1. The van der Waals surface area contributed by atoms with E-state index in [1.54, 1.807) is 16.2 Å². The summed E-state index contributed by atoms with van der Waals surface area (Å²) in [6.45, 7) is 17.8. The summed E-state index contributed by atoms with van der Waals surface area (Å²) in [6.07, 6.45) is 0.595. The molecule has 7 nitrogen and oxygen atoms in total. The second-order valence-electron chi connectivity index (χ2n) is 12.5. The molecule has 2 heterocycles. The number of amides is 3. The molecule has 3 rings (SSSR count). The Morgan fingerprint density at radius 2 is 1.68 bits per heavy atom. The molecule has 0 bridgehead atoms. The summed E-state index contributed by atoms with van der Waals surface area (Å²) in [7, 11) is 0. The van der Waals surface area contributed by atoms with Crippen LogP contribution < -0.4 is 10.6 Å². The van der Waals surface area contributed by atoms with Gasteiger partial charge in [-0.15, -0.1) is 11.3 Å². The predicted octanol–water partition coefficient (Wildman–Crippen LogP) is 5.11. The Hall–Kier alpha value is -2.74. The van der Waals surface area contributed by atoms with Crippen molar-refractivity contribution in [3.05, 3.63) is 41.0 Å². The summed E-state index contributed by atoms with van der Waals surface area (Å²) in [5, 5.41) is 6.09. The fourth-order valence-electron chi connectivity index (χ4n) is 4.60. The SMILES string of the molecule is Cc1ncsc1-c1ccc([C@@H](C)NC(=O)[C@H]2C[C@H](C)CN2C(=O)[C@H](NC(=O)C(C)(C)C)C(C)(C)C)cc1. The first-order valence-electron chi connectivity index (χ1n) is 13.0. The van der Waals surface area contributed by atoms with Crippen LogP contribution in [-0.4, -0.2) is 46.2 Å². The standard InChI is InChI=1S/C29H42N4O3S/c1-17-14-22(33(15-17)26(35)24(28(4,5)6)32-27(36)29(7,8)9)25(34)31-18(2)20-10-12-21(13-11-20)23-19(3)30-16-37-23/h10-13,16-18,22,24H,14-15H2,1-9H3,(H,31,34)(H,32,36)/t17-,18+,22+,24-/m0/s1. The maximum Gasteiger partial charge on any atom is 0.246 e. The highest BCUT2D eigenvalue weighted by molar-refractivity contribution is 7.13. The Morgan fingerprint density at radius 1 is 1.05 bits per heavy atom. The molecule has 1 aliphatic rings. The van der Waals surface area contributed by atoms with Crippen LogP contribution in [0.2, 0.25) is 0 Å². The summed E-state index contributed by atoms with van der Waals surface area (Å²) in [5.41, 5.74) is 3.82. The van der Waals surface area contributed by atoms with Gasteiger partial charge in [-0.25, -0.2) is 4.98 Å². The molecule has 1 aromatic carbocycles. The number of aromatic nitrogens is 1. The minimum Gasteiger partial charge on any atom is -0.348 e. The van der Waals surface area contributed by atoms with Gasteiger partial charge in [0.2, 0.25) is 17.7 Å². The van der Waals surface area contributed by atoms with Gasteiger partial charge in [-0.2, -0.15) is 0 Å². The van der Waals surface area contributed by atoms with E-state index in [9.17, 15) is 14.4 Å². The lowest BCUT2D eigenvalue weighted by molar-refractivity contribution is -0.145. The highest BCUT2D eigenvalue weighted by atomic mass is 32.1. The van der Waals surface area contributed by atoms with E-state index in [0.29, 0.717) is 13.0 Å². The maximum absolute atomic E-state index is 13.8. The predicted molar refractivity (Wildman–Crippen MR) is 149 cm³/mol. The van der Waals surface area contributed by atoms with Gasteiger partial charge in [-0.1, -0.05) is 72.7 Å². The normalized spacial score (nSPS) is 19.9. The quantitative estimate of drug-likeness (QED) is 0.547. The average Bonchev–Trinajstić information content (AvgIpc) is 3.40. The molecule has 2 aromatic rings. The van der Waals surface area contributed by atoms with E-state index in [0.717, 1.165) is 21.7 Å². The Morgan fingerprint density at radius 3 is 2.19 bits per heavy atom. The maximum atomic E-state index is 13.8. The smallest absolute Gasteiger partial charge is 0.246 e. The third-order valence-electron chi connectivity index (χ3n) is 6.94. The minimum atomic E-state index is -0.722. The van der Waals surface area contributed by atoms with Crippen molar-refractivity contribution in [2.24, 2.45) is 16.7 Å². The fourth-order valence-corrected chi connectivity index (χ4v) is 5.41. The van der Waals surface area contributed by atoms with Gasteiger partial charge in [0.05, 0.1) is 22.1 Å². The van der Waals surface area contributed by atoms with Gasteiger partial charge in [0, 0.05) is 12.0 Å². The van der Waals surface area contributed by atoms with Crippen LogP contribution in [0, 0.1) is 23.7 Å². The second-order valence-corrected chi connectivity index (χ2v) is 13.3. The lowest BCUT2D eigenvalue weighted by Crippen LogP contribution is -2.59. The van der Waals surface area contributed by atoms with Crippen LogP contribution in [0.5, 0.6) is 0 Å². The highest BCUT2D eigenvalue weighted by Crippen LogP contribution is 2.31. The first-order valence-corrected chi connectivity index (χ1v) is 13.9. The van der Waals surface area contributed by atoms with Crippen molar-refractivity contribution in [3.63, 3.8) is 0 Å². The molecule has 1 fully saturated rings. The van der Waals surface area contributed by atoms with E-state index in [4.69, 9.17) is 0 Å². The first kappa shape index (κ1) is 28.8. The van der Waals surface area contributed by atoms with Gasteiger partial charge in [0.1, 0.15) is 12.1 Å². The molecule has 0 unspecified atom stereocenters. The lowest BCUT2D eigenvalue weighted by Gasteiger charge is -2.37. The summed E-state index contributed by atoms with van der Waals surface area (Å²) < 4.78 is 0. The van der Waals surface area contributed by atoms with Gasteiger partial charge < -0.3 is 15.5 Å². The van der Waals surface area contributed by atoms with E-state index in [2.05, 4.69) is 34.7 Å². The van der Waals surface area contributed by atoms with Gasteiger partial charge in [-0.3, -0.25) is 14.4 Å². The Bertz CT molecular complexity index is 1130. The highest BCUT2D eigenvalue weighted by Gasteiger charge is 2.44. The topological polar surface area (TPSA) is 91.4 Å². The summed E-state index contributed by atoms with van der Waals surface area (Å²) >= 11 is 1.61. The molecule has 4 atom stereocenters. The van der Waals surface area contributed by atoms with Crippen molar-refractivity contribution in [3.8, 4) is 10.4 Å². The summed E-state index contributed by atoms with van der Waals surface area (Å²) in [6, 6.07) is 6.65. The van der Waals surface area contributed by atoms with E-state index < -0.39 is 22.9 Å². The van der Waals surface area contributed by atoms with Gasteiger partial charge >= 0.3 is 0 Å². The first-order chi connectivity index (χ1) is 17.1. The van der Waals surface area contributed by atoms with Crippen molar-refractivity contribution in [1.82, 2.24) is 20.5 Å². The molecule has 0 radical (unpaired) electrons. The largest absolute Gasteiger partial charge is 0.348 e. The van der Waals surface area contributed by atoms with Crippen molar-refractivity contribution >= 4 is 29.1 Å². The molecule has 202 valence electrons. The van der Waals surface area contributed by atoms with E-state index in [1.165, 1.54) is 0 Å². The number of likely N-dealkylation sites (tertiary alicyclic amines) is 1. The molecular formula is C29H42N4O3S. The second kappa shape index (κ2) is 10.9. The Kier molecular flexibility index (Phi) is 8.52. The lowest BCUT2D eigenvalue weighted by atomic mass is 9.84. The van der Waals surface area contributed by atoms with Crippen LogP contribution in [0.3, 0.4) is 0 Å². The number of benzene rings is 1. The molecule has 1 aliphatic heterocycles. The van der Waals surface area contributed by atoms with Crippen molar-refractivity contribution in [2.75, 3.05) is 6.54 Å². The molecular weight excluding hydrogens is 484 g/mol. The van der Waals surface area contributed by atoms with Crippen molar-refractivity contribution in [1.29, 1.82) is 0 Å². The molecule has 0 saturated carbocycles.